The molecule has 12 rings (SSSR count). The monoisotopic (exact) mass is 1080 g/mol. The van der Waals surface area contributed by atoms with Gasteiger partial charge in [-0.25, -0.2) is 14.8 Å². The molecule has 0 atom stereocenters. The predicted molar refractivity (Wildman–Crippen MR) is 328 cm³/mol. The third-order valence-electron chi connectivity index (χ3n) is 14.3. The van der Waals surface area contributed by atoms with Crippen molar-refractivity contribution in [3.05, 3.63) is 244 Å². The van der Waals surface area contributed by atoms with E-state index in [2.05, 4.69) is 94.4 Å². The van der Waals surface area contributed by atoms with Crippen LogP contribution in [0.25, 0.3) is 69.8 Å². The number of fused-ring (bicyclic) bond motifs is 3. The lowest BCUT2D eigenvalue weighted by atomic mass is 9.50. The fourth-order valence-electron chi connectivity index (χ4n) is 10.8. The van der Waals surface area contributed by atoms with E-state index in [4.69, 9.17) is 19.4 Å². The molecule has 0 spiro atoms. The van der Waals surface area contributed by atoms with Gasteiger partial charge in [0, 0.05) is 33.6 Å². The van der Waals surface area contributed by atoms with Crippen molar-refractivity contribution in [2.75, 3.05) is 13.7 Å². The summed E-state index contributed by atoms with van der Waals surface area (Å²) in [6, 6.07) is 70.8. The molecule has 0 bridgehead atoms. The van der Waals surface area contributed by atoms with Gasteiger partial charge in [0.1, 0.15) is 38.9 Å². The fraction of sp³-hybridized carbons (Fsp3) is 0.0909. The Kier molecular flexibility index (Phi) is 14.2. The van der Waals surface area contributed by atoms with E-state index in [1.807, 2.05) is 133 Å². The van der Waals surface area contributed by atoms with E-state index >= 15 is 0 Å². The molecule has 4 heterocycles. The van der Waals surface area contributed by atoms with Crippen LogP contribution in [0, 0.1) is 23.8 Å². The zero-order valence-electron chi connectivity index (χ0n) is 44.0. The number of hydrogen-bond donors (Lipinski definition) is 2. The number of nitriles is 1. The van der Waals surface area contributed by atoms with Gasteiger partial charge in [0.05, 0.1) is 52.7 Å². The number of aromatic hydroxyl groups is 1. The van der Waals surface area contributed by atoms with E-state index in [9.17, 15) is 22.0 Å². The largest absolute Gasteiger partial charge is 0.508 e. The highest BCUT2D eigenvalue weighted by Gasteiger charge is 2.37. The number of nitrogens with zero attached hydrogens (tertiary/aromatic N) is 6. The van der Waals surface area contributed by atoms with Crippen LogP contribution < -0.4 is 42.0 Å². The Bertz CT molecular complexity index is 4270. The summed E-state index contributed by atoms with van der Waals surface area (Å²) in [6.07, 6.45) is 0. The summed E-state index contributed by atoms with van der Waals surface area (Å²) in [7, 11) is 1.63. The van der Waals surface area contributed by atoms with E-state index in [0.29, 0.717) is 89.1 Å². The SMILES string of the molecule is [C-]#[N+]/C(c1nc2cc(OC)ccc2s1)=c1\c2c(-c3ccc(OCC(C)C)cc3)n(B(c3ccccc3)c3ccccc3)/c(=C(/C#N)c3nc4cc(CO)ccc4s3)c2c(-c2ccc(O)cc2)n1B(c1ccccc1)c1ccccc1. The van der Waals surface area contributed by atoms with Crippen molar-refractivity contribution in [2.24, 2.45) is 5.92 Å². The molecule has 0 saturated carbocycles. The van der Waals surface area contributed by atoms with E-state index in [1.165, 1.54) is 22.7 Å². The van der Waals surface area contributed by atoms with Crippen LogP contribution in [-0.2, 0) is 6.61 Å². The maximum Gasteiger partial charge on any atom is 0.328 e. The third-order valence-corrected chi connectivity index (χ3v) is 16.4. The second-order valence-corrected chi connectivity index (χ2v) is 21.9. The minimum Gasteiger partial charge on any atom is -0.508 e. The van der Waals surface area contributed by atoms with Gasteiger partial charge >= 0.3 is 13.7 Å². The number of rotatable bonds is 15. The third kappa shape index (κ3) is 9.50. The van der Waals surface area contributed by atoms with E-state index in [0.717, 1.165) is 48.1 Å². The Morgan fingerprint density at radius 2 is 1.07 bits per heavy atom. The molecule has 0 fully saturated rings. The number of thiazole rings is 2. The zero-order valence-corrected chi connectivity index (χ0v) is 45.6. The highest BCUT2D eigenvalue weighted by atomic mass is 32.1. The number of aliphatic hydroxyl groups excluding tert-OH is 1. The molecule has 4 aromatic heterocycles. The molecule has 0 amide bonds. The first-order valence-corrected chi connectivity index (χ1v) is 27.9. The van der Waals surface area contributed by atoms with Crippen LogP contribution >= 0.6 is 22.7 Å². The van der Waals surface area contributed by atoms with Gasteiger partial charge in [0.25, 0.3) is 0 Å². The van der Waals surface area contributed by atoms with E-state index < -0.39 is 13.7 Å². The lowest BCUT2D eigenvalue weighted by Gasteiger charge is -2.24. The van der Waals surface area contributed by atoms with Crippen molar-refractivity contribution in [1.82, 2.24) is 18.9 Å². The maximum atomic E-state index is 12.3. The topological polar surface area (TPSA) is 123 Å². The van der Waals surface area contributed by atoms with Crippen LogP contribution in [0.1, 0.15) is 29.4 Å². The van der Waals surface area contributed by atoms with Crippen LogP contribution in [0.15, 0.2) is 206 Å². The van der Waals surface area contributed by atoms with Crippen molar-refractivity contribution >= 4 is 101 Å². The summed E-state index contributed by atoms with van der Waals surface area (Å²) in [6.45, 7) is 13.0. The van der Waals surface area contributed by atoms with Crippen LogP contribution in [-0.4, -0.2) is 56.5 Å². The summed E-state index contributed by atoms with van der Waals surface area (Å²) in [4.78, 5) is 15.2. The molecular weight excluding hydrogens is 1030 g/mol. The van der Waals surface area contributed by atoms with Gasteiger partial charge in [0.2, 0.25) is 5.70 Å². The van der Waals surface area contributed by atoms with Crippen molar-refractivity contribution in [3.63, 3.8) is 0 Å². The molecule has 0 aliphatic heterocycles. The van der Waals surface area contributed by atoms with Gasteiger partial charge in [-0.05, 0) is 95.4 Å². The number of aromatic nitrogens is 4. The summed E-state index contributed by atoms with van der Waals surface area (Å²) >= 11 is 2.85. The van der Waals surface area contributed by atoms with Gasteiger partial charge in [-0.3, -0.25) is 0 Å². The van der Waals surface area contributed by atoms with Gasteiger partial charge in [-0.1, -0.05) is 163 Å². The number of hydrogen-bond acceptors (Lipinski definition) is 9. The lowest BCUT2D eigenvalue weighted by Crippen LogP contribution is -2.54. The van der Waals surface area contributed by atoms with Crippen LogP contribution in [0.2, 0.25) is 0 Å². The normalized spacial score (nSPS) is 12.1. The average molecular weight is 1080 g/mol. The molecule has 0 aliphatic carbocycles. The second-order valence-electron chi connectivity index (χ2n) is 19.9. The Morgan fingerprint density at radius 3 is 1.57 bits per heavy atom. The summed E-state index contributed by atoms with van der Waals surface area (Å²) in [5.41, 5.74) is 9.38. The zero-order chi connectivity index (χ0) is 54.9. The minimum absolute atomic E-state index is 0.0804. The molecule has 0 unspecified atom stereocenters. The predicted octanol–water partition coefficient (Wildman–Crippen LogP) is 10.3. The molecule has 80 heavy (non-hydrogen) atoms. The second kappa shape index (κ2) is 22.1. The maximum absolute atomic E-state index is 12.3. The molecule has 2 N–H and O–H groups in total. The number of aliphatic hydroxyl groups is 1. The molecule has 14 heteroatoms. The lowest BCUT2D eigenvalue weighted by molar-refractivity contribution is 0.271. The number of benzene rings is 8. The molecule has 8 aromatic carbocycles. The standard InChI is InChI=1S/C66H50B2N6O4S2/c1-42(2)41-78-51-32-28-45(29-33-51)62-59-58(63(53(39-69)65-71-54-37-43(40-75)25-35-56(54)79-65)73(62)67(46-17-9-5-10-18-46)47-19-11-6-12-20-47)61(44-26-30-50(76)31-27-44)74(68(48-21-13-7-14-22-48)49-23-15-8-16-24-49)64(59)60(70-3)66-72-55-38-52(77-4)34-36-57(55)80-66/h5-38,42,75-76H,40-41H2,1-2,4H3/b63-53-,64-60+. The summed E-state index contributed by atoms with van der Waals surface area (Å²) < 4.78 is 18.4. The Labute approximate surface area is 471 Å². The van der Waals surface area contributed by atoms with E-state index in [1.54, 1.807) is 19.2 Å². The van der Waals surface area contributed by atoms with Crippen LogP contribution in [0.3, 0.4) is 0 Å². The van der Waals surface area contributed by atoms with Gasteiger partial charge in [-0.15, -0.1) is 22.7 Å². The van der Waals surface area contributed by atoms with E-state index in [-0.39, 0.29) is 12.4 Å². The van der Waals surface area contributed by atoms with Gasteiger partial charge in [0.15, 0.2) is 0 Å². The van der Waals surface area contributed by atoms with Crippen molar-refractivity contribution in [3.8, 4) is 45.8 Å². The van der Waals surface area contributed by atoms with Crippen LogP contribution in [0.5, 0.6) is 17.2 Å². The highest BCUT2D eigenvalue weighted by molar-refractivity contribution is 7.20. The molecule has 0 radical (unpaired) electrons. The Hall–Kier alpha value is -9.43. The van der Waals surface area contributed by atoms with Gasteiger partial charge < -0.3 is 28.6 Å². The molecular formula is C66H50B2N6O4S2. The molecule has 0 saturated heterocycles. The molecule has 10 nitrogen and oxygen atoms in total. The van der Waals surface area contributed by atoms with Crippen LogP contribution in [0.4, 0.5) is 0 Å². The Balaban J connectivity index is 1.42. The average Bonchev–Trinajstić information content (AvgIpc) is 4.34. The first kappa shape index (κ1) is 51.3. The number of phenolic OH excluding ortho intramolecular Hbond substituents is 1. The van der Waals surface area contributed by atoms with Crippen molar-refractivity contribution in [2.45, 2.75) is 20.5 Å². The number of phenols is 1. The summed E-state index contributed by atoms with van der Waals surface area (Å²) in [5, 5.41) is 37.2. The first-order valence-electron chi connectivity index (χ1n) is 26.3. The number of ether oxygens (including phenoxy) is 2. The molecule has 386 valence electrons. The number of methoxy groups -OCH3 is 1. The van der Waals surface area contributed by atoms with Gasteiger partial charge in [-0.2, -0.15) is 5.26 Å². The quantitative estimate of drug-likeness (QED) is 0.0774. The minimum atomic E-state index is -0.584. The summed E-state index contributed by atoms with van der Waals surface area (Å²) in [5.74, 6) is 1.72. The smallest absolute Gasteiger partial charge is 0.328 e. The first-order chi connectivity index (χ1) is 39.2. The van der Waals surface area contributed by atoms with Crippen molar-refractivity contribution < 1.29 is 19.7 Å². The molecule has 0 aliphatic rings. The Morgan fingerprint density at radius 1 is 0.613 bits per heavy atom. The highest BCUT2D eigenvalue weighted by Crippen LogP contribution is 2.39. The fourth-order valence-corrected chi connectivity index (χ4v) is 12.7. The molecule has 12 aromatic rings. The van der Waals surface area contributed by atoms with Crippen molar-refractivity contribution in [1.29, 1.82) is 5.26 Å².